The van der Waals surface area contributed by atoms with Crippen molar-refractivity contribution in [3.8, 4) is 16.7 Å². The first-order valence-electron chi connectivity index (χ1n) is 4.49. The van der Waals surface area contributed by atoms with Crippen LogP contribution in [0.2, 0.25) is 0 Å². The van der Waals surface area contributed by atoms with Crippen LogP contribution in [0, 0.1) is 25.2 Å². The monoisotopic (exact) mass is 218 g/mol. The normalized spacial score (nSPS) is 10.2. The first-order chi connectivity index (χ1) is 7.13. The van der Waals surface area contributed by atoms with Crippen molar-refractivity contribution in [2.45, 2.75) is 13.8 Å². The molecule has 0 saturated carbocycles. The summed E-state index contributed by atoms with van der Waals surface area (Å²) < 4.78 is 5.51. The summed E-state index contributed by atoms with van der Waals surface area (Å²) in [6.45, 7) is 3.79. The van der Waals surface area contributed by atoms with Gasteiger partial charge >= 0.3 is 0 Å². The Balaban J connectivity index is 2.60. The van der Waals surface area contributed by atoms with Crippen molar-refractivity contribution in [3.05, 3.63) is 28.3 Å². The lowest BCUT2D eigenvalue weighted by Gasteiger charge is -1.94. The Morgan fingerprint density at radius 1 is 1.40 bits per heavy atom. The van der Waals surface area contributed by atoms with Crippen LogP contribution in [0.1, 0.15) is 16.2 Å². The molecule has 0 spiro atoms. The lowest BCUT2D eigenvalue weighted by molar-refractivity contribution is 0.549. The lowest BCUT2D eigenvalue weighted by atomic mass is 10.2. The van der Waals surface area contributed by atoms with Gasteiger partial charge in [0, 0.05) is 0 Å². The molecule has 3 nitrogen and oxygen atoms in total. The van der Waals surface area contributed by atoms with Crippen molar-refractivity contribution in [1.82, 2.24) is 0 Å². The fourth-order valence-electron chi connectivity index (χ4n) is 1.40. The summed E-state index contributed by atoms with van der Waals surface area (Å²) in [5.41, 5.74) is 7.29. The summed E-state index contributed by atoms with van der Waals surface area (Å²) in [7, 11) is 0. The second-order valence-electron chi connectivity index (χ2n) is 3.32. The van der Waals surface area contributed by atoms with Gasteiger partial charge in [0.1, 0.15) is 22.5 Å². The van der Waals surface area contributed by atoms with E-state index >= 15 is 0 Å². The number of rotatable bonds is 1. The summed E-state index contributed by atoms with van der Waals surface area (Å²) in [6.07, 6.45) is 0. The third-order valence-corrected chi connectivity index (χ3v) is 3.49. The molecular formula is C11H10N2OS. The maximum atomic E-state index is 8.86. The number of furan rings is 1. The zero-order valence-electron chi connectivity index (χ0n) is 8.50. The molecule has 2 rings (SSSR count). The number of anilines is 1. The summed E-state index contributed by atoms with van der Waals surface area (Å²) in [5.74, 6) is 1.64. The number of nitrogens with two attached hydrogens (primary N) is 1. The largest absolute Gasteiger partial charge is 0.461 e. The average Bonchev–Trinajstić information content (AvgIpc) is 2.74. The van der Waals surface area contributed by atoms with Gasteiger partial charge in [-0.15, -0.1) is 11.3 Å². The molecule has 0 fully saturated rings. The minimum absolute atomic E-state index is 0.552. The van der Waals surface area contributed by atoms with Gasteiger partial charge in [0.15, 0.2) is 0 Å². The highest BCUT2D eigenvalue weighted by Gasteiger charge is 2.15. The quantitative estimate of drug-likeness (QED) is 0.800. The molecule has 0 saturated heterocycles. The number of thiophene rings is 1. The fourth-order valence-corrected chi connectivity index (χ4v) is 2.39. The van der Waals surface area contributed by atoms with E-state index in [1.54, 1.807) is 0 Å². The van der Waals surface area contributed by atoms with Gasteiger partial charge < -0.3 is 10.2 Å². The Hall–Kier alpha value is -1.73. The van der Waals surface area contributed by atoms with Crippen LogP contribution >= 0.6 is 11.3 Å². The predicted octanol–water partition coefficient (Wildman–Crippen LogP) is 3.08. The van der Waals surface area contributed by atoms with Crippen molar-refractivity contribution in [2.24, 2.45) is 0 Å². The van der Waals surface area contributed by atoms with E-state index in [0.717, 1.165) is 22.0 Å². The topological polar surface area (TPSA) is 63.0 Å². The predicted molar refractivity (Wildman–Crippen MR) is 60.6 cm³/mol. The molecule has 2 heterocycles. The number of nitriles is 1. The molecule has 0 aliphatic carbocycles. The van der Waals surface area contributed by atoms with E-state index in [0.29, 0.717) is 10.6 Å². The van der Waals surface area contributed by atoms with Crippen LogP contribution in [0.15, 0.2) is 16.5 Å². The van der Waals surface area contributed by atoms with Gasteiger partial charge in [-0.1, -0.05) is 0 Å². The summed E-state index contributed by atoms with van der Waals surface area (Å²) in [4.78, 5) is 1.49. The highest BCUT2D eigenvalue weighted by Crippen LogP contribution is 2.38. The molecule has 76 valence electrons. The average molecular weight is 218 g/mol. The van der Waals surface area contributed by atoms with E-state index in [9.17, 15) is 0 Å². The van der Waals surface area contributed by atoms with Crippen molar-refractivity contribution in [1.29, 1.82) is 5.26 Å². The molecular weight excluding hydrogens is 208 g/mol. The number of hydrogen-bond donors (Lipinski definition) is 1. The third kappa shape index (κ3) is 1.51. The maximum Gasteiger partial charge on any atom is 0.144 e. The molecule has 4 heteroatoms. The minimum Gasteiger partial charge on any atom is -0.461 e. The van der Waals surface area contributed by atoms with E-state index in [-0.39, 0.29) is 0 Å². The fraction of sp³-hybridized carbons (Fsp3) is 0.182. The number of nitrogen functional groups attached to an aromatic ring is 1. The third-order valence-electron chi connectivity index (χ3n) is 2.26. The highest BCUT2D eigenvalue weighted by molar-refractivity contribution is 7.16. The highest BCUT2D eigenvalue weighted by atomic mass is 32.1. The SMILES string of the molecule is Cc1ccc(-c2sc(C#N)c(N)c2C)o1. The Bertz CT molecular complexity index is 545. The van der Waals surface area contributed by atoms with E-state index in [4.69, 9.17) is 15.4 Å². The van der Waals surface area contributed by atoms with Gasteiger partial charge in [-0.3, -0.25) is 0 Å². The van der Waals surface area contributed by atoms with E-state index in [2.05, 4.69) is 6.07 Å². The van der Waals surface area contributed by atoms with Gasteiger partial charge in [-0.25, -0.2) is 0 Å². The zero-order chi connectivity index (χ0) is 11.0. The number of nitrogens with zero attached hydrogens (tertiary/aromatic N) is 1. The maximum absolute atomic E-state index is 8.86. The van der Waals surface area contributed by atoms with Crippen LogP contribution in [-0.4, -0.2) is 0 Å². The standard InChI is InChI=1S/C11H10N2OS/c1-6-3-4-8(14-6)11-7(2)10(13)9(5-12)15-11/h3-4H,13H2,1-2H3. The molecule has 15 heavy (non-hydrogen) atoms. The van der Waals surface area contributed by atoms with Crippen molar-refractivity contribution in [2.75, 3.05) is 5.73 Å². The Morgan fingerprint density at radius 2 is 2.13 bits per heavy atom. The first-order valence-corrected chi connectivity index (χ1v) is 5.31. The zero-order valence-corrected chi connectivity index (χ0v) is 9.31. The Labute approximate surface area is 91.8 Å². The summed E-state index contributed by atoms with van der Waals surface area (Å²) in [5, 5.41) is 8.86. The molecule has 2 aromatic heterocycles. The summed E-state index contributed by atoms with van der Waals surface area (Å²) >= 11 is 1.37. The van der Waals surface area contributed by atoms with Crippen LogP contribution in [0.25, 0.3) is 10.6 Å². The van der Waals surface area contributed by atoms with E-state index in [1.807, 2.05) is 26.0 Å². The minimum atomic E-state index is 0.552. The van der Waals surface area contributed by atoms with Crippen molar-refractivity contribution >= 4 is 17.0 Å². The molecule has 0 unspecified atom stereocenters. The smallest absolute Gasteiger partial charge is 0.144 e. The molecule has 0 aromatic carbocycles. The Morgan fingerprint density at radius 3 is 2.60 bits per heavy atom. The lowest BCUT2D eigenvalue weighted by Crippen LogP contribution is -1.86. The van der Waals surface area contributed by atoms with Crippen LogP contribution in [0.5, 0.6) is 0 Å². The van der Waals surface area contributed by atoms with Crippen LogP contribution in [0.3, 0.4) is 0 Å². The molecule has 0 atom stereocenters. The molecule has 0 radical (unpaired) electrons. The second kappa shape index (κ2) is 3.44. The molecule has 0 amide bonds. The summed E-state index contributed by atoms with van der Waals surface area (Å²) in [6, 6.07) is 5.88. The van der Waals surface area contributed by atoms with Gasteiger partial charge in [-0.05, 0) is 31.5 Å². The second-order valence-corrected chi connectivity index (χ2v) is 4.34. The van der Waals surface area contributed by atoms with Crippen LogP contribution in [0.4, 0.5) is 5.69 Å². The molecule has 0 bridgehead atoms. The van der Waals surface area contributed by atoms with Gasteiger partial charge in [-0.2, -0.15) is 5.26 Å². The Kier molecular flexibility index (Phi) is 2.25. The van der Waals surface area contributed by atoms with Gasteiger partial charge in [0.05, 0.1) is 10.6 Å². The van der Waals surface area contributed by atoms with Gasteiger partial charge in [0.2, 0.25) is 0 Å². The molecule has 0 aliphatic rings. The number of hydrogen-bond acceptors (Lipinski definition) is 4. The van der Waals surface area contributed by atoms with Crippen LogP contribution in [-0.2, 0) is 0 Å². The number of aryl methyl sites for hydroxylation is 1. The van der Waals surface area contributed by atoms with E-state index in [1.165, 1.54) is 11.3 Å². The van der Waals surface area contributed by atoms with Crippen molar-refractivity contribution < 1.29 is 4.42 Å². The molecule has 2 N–H and O–H groups in total. The first kappa shape index (κ1) is 9.81. The van der Waals surface area contributed by atoms with E-state index < -0.39 is 0 Å². The molecule has 2 aromatic rings. The van der Waals surface area contributed by atoms with Crippen LogP contribution < -0.4 is 5.73 Å². The van der Waals surface area contributed by atoms with Crippen molar-refractivity contribution in [3.63, 3.8) is 0 Å². The van der Waals surface area contributed by atoms with Gasteiger partial charge in [0.25, 0.3) is 0 Å². The molecule has 0 aliphatic heterocycles.